The van der Waals surface area contributed by atoms with Crippen LogP contribution in [-0.4, -0.2) is 124 Å². The summed E-state index contributed by atoms with van der Waals surface area (Å²) in [4.78, 5) is 35.8. The SMILES string of the molecule is CCCCCC[C@@H](CCC[C@H](O[C@@H]1O[C@H](CO)[C@@H](O)[C@H](O)[C@H]1O)[C@H]1CC[C@H]([C@H]2CC[C@H]([C@@H](CCCCCCCCCCCCC3=C[C@H](C)OC3=O)OC(C)=O)O2)O1)OC(C)=O. The fourth-order valence-electron chi connectivity index (χ4n) is 9.43. The predicted molar refractivity (Wildman–Crippen MR) is 227 cm³/mol. The van der Waals surface area contributed by atoms with Crippen molar-refractivity contribution in [2.24, 2.45) is 0 Å². The van der Waals surface area contributed by atoms with Crippen molar-refractivity contribution >= 4 is 17.9 Å². The second-order valence-corrected chi connectivity index (χ2v) is 18.0. The van der Waals surface area contributed by atoms with Gasteiger partial charge in [0.15, 0.2) is 6.29 Å². The van der Waals surface area contributed by atoms with Gasteiger partial charge in [0.1, 0.15) is 42.7 Å². The number of carbonyl (C=O) groups excluding carboxylic acids is 3. The highest BCUT2D eigenvalue weighted by Crippen LogP contribution is 2.37. The molecule has 0 spiro atoms. The van der Waals surface area contributed by atoms with Gasteiger partial charge in [-0.15, -0.1) is 0 Å². The van der Waals surface area contributed by atoms with Crippen LogP contribution < -0.4 is 0 Å². The third kappa shape index (κ3) is 17.7. The van der Waals surface area contributed by atoms with Crippen molar-refractivity contribution in [1.29, 1.82) is 0 Å². The third-order valence-corrected chi connectivity index (χ3v) is 12.8. The van der Waals surface area contributed by atoms with Crippen LogP contribution in [-0.2, 0) is 47.5 Å². The maximum Gasteiger partial charge on any atom is 0.334 e. The summed E-state index contributed by atoms with van der Waals surface area (Å²) in [5.74, 6) is -0.777. The van der Waals surface area contributed by atoms with Crippen LogP contribution in [0.5, 0.6) is 0 Å². The summed E-state index contributed by atoms with van der Waals surface area (Å²) < 4.78 is 42.0. The minimum Gasteiger partial charge on any atom is -0.463 e. The van der Waals surface area contributed by atoms with Crippen LogP contribution in [0.1, 0.15) is 182 Å². The lowest BCUT2D eigenvalue weighted by Crippen LogP contribution is -2.60. The Morgan fingerprint density at radius 3 is 1.79 bits per heavy atom. The summed E-state index contributed by atoms with van der Waals surface area (Å²) in [6.45, 7) is 6.36. The number of hydrogen-bond donors (Lipinski definition) is 4. The summed E-state index contributed by atoms with van der Waals surface area (Å²) in [5.41, 5.74) is 0.831. The Morgan fingerprint density at radius 1 is 0.672 bits per heavy atom. The molecule has 14 nitrogen and oxygen atoms in total. The van der Waals surface area contributed by atoms with E-state index in [-0.39, 0.29) is 60.6 Å². The molecule has 4 aliphatic rings. The van der Waals surface area contributed by atoms with E-state index in [4.69, 9.17) is 33.2 Å². The zero-order valence-corrected chi connectivity index (χ0v) is 37.6. The number of cyclic esters (lactones) is 1. The minimum atomic E-state index is -1.56. The van der Waals surface area contributed by atoms with Crippen LogP contribution in [0.15, 0.2) is 11.6 Å². The van der Waals surface area contributed by atoms with Gasteiger partial charge in [-0.3, -0.25) is 9.59 Å². The second-order valence-electron chi connectivity index (χ2n) is 18.0. The average Bonchev–Trinajstić information content (AvgIpc) is 3.99. The summed E-state index contributed by atoms with van der Waals surface area (Å²) in [6, 6.07) is 0. The molecule has 3 fully saturated rings. The molecule has 0 aliphatic carbocycles. The van der Waals surface area contributed by atoms with Crippen molar-refractivity contribution in [3.63, 3.8) is 0 Å². The van der Waals surface area contributed by atoms with E-state index < -0.39 is 43.4 Å². The number of unbranched alkanes of at least 4 members (excludes halogenated alkanes) is 12. The molecular weight excluding hydrogens is 789 g/mol. The Kier molecular flexibility index (Phi) is 23.5. The standard InChI is InChI=1S/C47H80O14/c1-5-6-7-17-21-35(56-32(3)49)22-19-24-37(60-47-45(53)44(52)43(51)42(30-48)61-47)39-26-28-41(59-39)40-27-25-38(58-40)36(57-33(4)50)23-18-15-13-11-9-8-10-12-14-16-20-34-29-31(2)55-46(34)54/h29,31,35-45,47-48,51-53H,5-28,30H2,1-4H3/t31-,35-,36+,37-,38+,39+,40+,41+,42+,43+,44-,45+,47+/m0/s1. The molecule has 0 radical (unpaired) electrons. The van der Waals surface area contributed by atoms with E-state index in [1.54, 1.807) is 0 Å². The number of aliphatic hydroxyl groups is 4. The van der Waals surface area contributed by atoms with E-state index in [0.29, 0.717) is 25.7 Å². The van der Waals surface area contributed by atoms with Gasteiger partial charge in [0.2, 0.25) is 0 Å². The Bertz CT molecular complexity index is 1310. The molecule has 0 bridgehead atoms. The monoisotopic (exact) mass is 869 g/mol. The number of esters is 3. The van der Waals surface area contributed by atoms with Crippen molar-refractivity contribution in [3.8, 4) is 0 Å². The highest BCUT2D eigenvalue weighted by Gasteiger charge is 2.47. The topological polar surface area (TPSA) is 197 Å². The van der Waals surface area contributed by atoms with Crippen LogP contribution in [0, 0.1) is 0 Å². The first-order valence-corrected chi connectivity index (χ1v) is 23.9. The summed E-state index contributed by atoms with van der Waals surface area (Å²) in [6.07, 6.45) is 15.4. The molecule has 0 aromatic carbocycles. The number of aliphatic hydroxyl groups excluding tert-OH is 4. The van der Waals surface area contributed by atoms with Gasteiger partial charge in [0.05, 0.1) is 37.1 Å². The van der Waals surface area contributed by atoms with E-state index in [1.165, 1.54) is 46.0 Å². The van der Waals surface area contributed by atoms with Gasteiger partial charge >= 0.3 is 17.9 Å². The number of ether oxygens (including phenoxy) is 7. The maximum atomic E-state index is 12.2. The van der Waals surface area contributed by atoms with Crippen LogP contribution >= 0.6 is 0 Å². The number of carbonyl (C=O) groups is 3. The molecule has 3 saturated heterocycles. The maximum absolute atomic E-state index is 12.2. The molecule has 4 heterocycles. The van der Waals surface area contributed by atoms with Crippen molar-refractivity contribution in [3.05, 3.63) is 11.6 Å². The van der Waals surface area contributed by atoms with Gasteiger partial charge in [-0.1, -0.05) is 77.6 Å². The lowest BCUT2D eigenvalue weighted by molar-refractivity contribution is -0.318. The van der Waals surface area contributed by atoms with Gasteiger partial charge in [0.25, 0.3) is 0 Å². The molecule has 14 heteroatoms. The van der Waals surface area contributed by atoms with E-state index in [9.17, 15) is 34.8 Å². The highest BCUT2D eigenvalue weighted by atomic mass is 16.7. The molecule has 61 heavy (non-hydrogen) atoms. The largest absolute Gasteiger partial charge is 0.463 e. The quantitative estimate of drug-likeness (QED) is 0.0333. The van der Waals surface area contributed by atoms with E-state index in [2.05, 4.69) is 6.92 Å². The van der Waals surface area contributed by atoms with Crippen molar-refractivity contribution < 1.29 is 68.0 Å². The minimum absolute atomic E-state index is 0.0890. The molecule has 4 aliphatic heterocycles. The van der Waals surface area contributed by atoms with E-state index >= 15 is 0 Å². The van der Waals surface area contributed by atoms with Crippen LogP contribution in [0.2, 0.25) is 0 Å². The van der Waals surface area contributed by atoms with Crippen molar-refractivity contribution in [2.45, 2.75) is 261 Å². The molecule has 4 N–H and O–H groups in total. The Balaban J connectivity index is 1.22. The average molecular weight is 869 g/mol. The lowest BCUT2D eigenvalue weighted by atomic mass is 9.97. The molecular formula is C47H80O14. The van der Waals surface area contributed by atoms with Gasteiger partial charge in [-0.05, 0) is 96.5 Å². The van der Waals surface area contributed by atoms with Crippen molar-refractivity contribution in [2.75, 3.05) is 6.61 Å². The fraction of sp³-hybridized carbons (Fsp3) is 0.894. The third-order valence-electron chi connectivity index (χ3n) is 12.8. The van der Waals surface area contributed by atoms with Gasteiger partial charge < -0.3 is 53.6 Å². The first-order valence-electron chi connectivity index (χ1n) is 23.9. The zero-order chi connectivity index (χ0) is 44.1. The van der Waals surface area contributed by atoms with Crippen LogP contribution in [0.4, 0.5) is 0 Å². The predicted octanol–water partition coefficient (Wildman–Crippen LogP) is 6.82. The highest BCUT2D eigenvalue weighted by molar-refractivity contribution is 5.90. The zero-order valence-electron chi connectivity index (χ0n) is 37.6. The molecule has 4 rings (SSSR count). The lowest BCUT2D eigenvalue weighted by Gasteiger charge is -2.41. The first-order chi connectivity index (χ1) is 29.4. The molecule has 13 atom stereocenters. The Labute approximate surface area is 364 Å². The Hall–Kier alpha value is -2.17. The molecule has 0 aromatic heterocycles. The summed E-state index contributed by atoms with van der Waals surface area (Å²) in [7, 11) is 0. The van der Waals surface area contributed by atoms with Crippen molar-refractivity contribution in [1.82, 2.24) is 0 Å². The molecule has 0 unspecified atom stereocenters. The molecule has 352 valence electrons. The van der Waals surface area contributed by atoms with E-state index in [1.807, 2.05) is 13.0 Å². The van der Waals surface area contributed by atoms with Gasteiger partial charge in [-0.25, -0.2) is 4.79 Å². The summed E-state index contributed by atoms with van der Waals surface area (Å²) in [5, 5.41) is 41.4. The number of hydrogen-bond acceptors (Lipinski definition) is 14. The van der Waals surface area contributed by atoms with Gasteiger partial charge in [0, 0.05) is 19.4 Å². The van der Waals surface area contributed by atoms with Gasteiger partial charge in [-0.2, -0.15) is 0 Å². The Morgan fingerprint density at radius 2 is 1.21 bits per heavy atom. The van der Waals surface area contributed by atoms with E-state index in [0.717, 1.165) is 102 Å². The fourth-order valence-corrected chi connectivity index (χ4v) is 9.43. The van der Waals surface area contributed by atoms with Crippen LogP contribution in [0.3, 0.4) is 0 Å². The molecule has 0 aromatic rings. The first kappa shape index (κ1) is 51.5. The second kappa shape index (κ2) is 27.9. The summed E-state index contributed by atoms with van der Waals surface area (Å²) >= 11 is 0. The number of rotatable bonds is 30. The normalized spacial score (nSPS) is 30.5. The molecule has 0 amide bonds. The smallest absolute Gasteiger partial charge is 0.334 e. The molecule has 0 saturated carbocycles. The van der Waals surface area contributed by atoms with Crippen LogP contribution in [0.25, 0.3) is 0 Å².